The Morgan fingerprint density at radius 1 is 1.29 bits per heavy atom. The first-order valence-electron chi connectivity index (χ1n) is 5.56. The Bertz CT molecular complexity index is 391. The standard InChI is InChI=1S/C10H16ClN5O/c1-12-8-14-7(11)15-9(16-8)13-6-10(17-2)4-3-5-10/h3-6H2,1-2H3,(H2,12,13,14,15,16). The molecule has 1 aliphatic carbocycles. The lowest BCUT2D eigenvalue weighted by Gasteiger charge is -2.40. The molecule has 0 amide bonds. The van der Waals surface area contributed by atoms with E-state index in [0.29, 0.717) is 18.4 Å². The topological polar surface area (TPSA) is 72.0 Å². The first kappa shape index (κ1) is 12.3. The van der Waals surface area contributed by atoms with Crippen LogP contribution in [-0.4, -0.2) is 41.3 Å². The third-order valence-corrected chi connectivity index (χ3v) is 3.27. The number of hydrogen-bond acceptors (Lipinski definition) is 6. The molecular formula is C10H16ClN5O. The number of aromatic nitrogens is 3. The number of nitrogens with zero attached hydrogens (tertiary/aromatic N) is 3. The molecule has 2 rings (SSSR count). The van der Waals surface area contributed by atoms with Crippen molar-refractivity contribution in [3.8, 4) is 0 Å². The molecule has 0 bridgehead atoms. The van der Waals surface area contributed by atoms with Crippen LogP contribution in [0.3, 0.4) is 0 Å². The largest absolute Gasteiger partial charge is 0.376 e. The van der Waals surface area contributed by atoms with Gasteiger partial charge in [-0.25, -0.2) is 0 Å². The number of anilines is 2. The normalized spacial score (nSPS) is 17.4. The average molecular weight is 258 g/mol. The van der Waals surface area contributed by atoms with Crippen LogP contribution in [0.4, 0.5) is 11.9 Å². The van der Waals surface area contributed by atoms with Gasteiger partial charge in [0.15, 0.2) is 0 Å². The van der Waals surface area contributed by atoms with Gasteiger partial charge in [0.2, 0.25) is 17.2 Å². The molecule has 17 heavy (non-hydrogen) atoms. The zero-order valence-electron chi connectivity index (χ0n) is 9.96. The van der Waals surface area contributed by atoms with E-state index in [9.17, 15) is 0 Å². The van der Waals surface area contributed by atoms with Crippen molar-refractivity contribution in [2.45, 2.75) is 24.9 Å². The summed E-state index contributed by atoms with van der Waals surface area (Å²) in [6, 6.07) is 0. The monoisotopic (exact) mass is 257 g/mol. The highest BCUT2D eigenvalue weighted by molar-refractivity contribution is 6.28. The molecule has 94 valence electrons. The fraction of sp³-hybridized carbons (Fsp3) is 0.700. The number of methoxy groups -OCH3 is 1. The molecule has 1 aliphatic rings. The van der Waals surface area contributed by atoms with Crippen molar-refractivity contribution in [2.24, 2.45) is 0 Å². The highest BCUT2D eigenvalue weighted by Gasteiger charge is 2.36. The number of ether oxygens (including phenoxy) is 1. The lowest BCUT2D eigenvalue weighted by molar-refractivity contribution is -0.0602. The predicted molar refractivity (Wildman–Crippen MR) is 66.5 cm³/mol. The van der Waals surface area contributed by atoms with Crippen LogP contribution >= 0.6 is 11.6 Å². The smallest absolute Gasteiger partial charge is 0.228 e. The van der Waals surface area contributed by atoms with Crippen molar-refractivity contribution >= 4 is 23.5 Å². The van der Waals surface area contributed by atoms with Crippen LogP contribution in [0, 0.1) is 0 Å². The third kappa shape index (κ3) is 2.76. The quantitative estimate of drug-likeness (QED) is 0.834. The van der Waals surface area contributed by atoms with Gasteiger partial charge in [-0.1, -0.05) is 0 Å². The van der Waals surface area contributed by atoms with Crippen LogP contribution in [0.1, 0.15) is 19.3 Å². The summed E-state index contributed by atoms with van der Waals surface area (Å²) in [5.74, 6) is 0.922. The van der Waals surface area contributed by atoms with Crippen LogP contribution in [0.5, 0.6) is 0 Å². The van der Waals surface area contributed by atoms with E-state index >= 15 is 0 Å². The molecule has 0 saturated heterocycles. The van der Waals surface area contributed by atoms with Crippen LogP contribution in [0.25, 0.3) is 0 Å². The third-order valence-electron chi connectivity index (χ3n) is 3.10. The van der Waals surface area contributed by atoms with Crippen molar-refractivity contribution in [3.63, 3.8) is 0 Å². The summed E-state index contributed by atoms with van der Waals surface area (Å²) < 4.78 is 5.50. The molecule has 0 spiro atoms. The molecule has 1 heterocycles. The molecule has 0 radical (unpaired) electrons. The summed E-state index contributed by atoms with van der Waals surface area (Å²) in [6.07, 6.45) is 3.33. The Morgan fingerprint density at radius 2 is 2.00 bits per heavy atom. The Kier molecular flexibility index (Phi) is 3.63. The minimum Gasteiger partial charge on any atom is -0.376 e. The maximum absolute atomic E-state index is 5.79. The second-order valence-corrected chi connectivity index (χ2v) is 4.43. The second-order valence-electron chi connectivity index (χ2n) is 4.10. The van der Waals surface area contributed by atoms with Crippen molar-refractivity contribution in [3.05, 3.63) is 5.28 Å². The predicted octanol–water partition coefficient (Wildman–Crippen LogP) is 1.55. The van der Waals surface area contributed by atoms with Gasteiger partial charge in [-0.3, -0.25) is 0 Å². The van der Waals surface area contributed by atoms with Gasteiger partial charge in [0.05, 0.1) is 5.60 Å². The maximum Gasteiger partial charge on any atom is 0.228 e. The fourth-order valence-corrected chi connectivity index (χ4v) is 1.97. The van der Waals surface area contributed by atoms with Gasteiger partial charge in [0.1, 0.15) is 0 Å². The summed E-state index contributed by atoms with van der Waals surface area (Å²) in [5, 5.41) is 6.14. The Morgan fingerprint density at radius 3 is 2.53 bits per heavy atom. The molecule has 7 heteroatoms. The van der Waals surface area contributed by atoms with E-state index in [-0.39, 0.29) is 10.9 Å². The highest BCUT2D eigenvalue weighted by atomic mass is 35.5. The van der Waals surface area contributed by atoms with Crippen LogP contribution in [0.15, 0.2) is 0 Å². The van der Waals surface area contributed by atoms with E-state index in [1.54, 1.807) is 14.2 Å². The van der Waals surface area contributed by atoms with Gasteiger partial charge in [-0.2, -0.15) is 15.0 Å². The number of nitrogens with one attached hydrogen (secondary N) is 2. The molecule has 0 unspecified atom stereocenters. The Balaban J connectivity index is 2.01. The van der Waals surface area contributed by atoms with E-state index in [0.717, 1.165) is 12.8 Å². The maximum atomic E-state index is 5.79. The van der Waals surface area contributed by atoms with Crippen molar-refractivity contribution in [1.29, 1.82) is 0 Å². The highest BCUT2D eigenvalue weighted by Crippen LogP contribution is 2.34. The zero-order valence-corrected chi connectivity index (χ0v) is 10.7. The molecule has 0 aromatic carbocycles. The molecule has 6 nitrogen and oxygen atoms in total. The first-order chi connectivity index (χ1) is 8.17. The second kappa shape index (κ2) is 5.01. The number of halogens is 1. The Labute approximate surface area is 105 Å². The molecule has 1 fully saturated rings. The summed E-state index contributed by atoms with van der Waals surface area (Å²) >= 11 is 5.79. The molecule has 0 aliphatic heterocycles. The van der Waals surface area contributed by atoms with Crippen molar-refractivity contribution < 1.29 is 4.74 Å². The van der Waals surface area contributed by atoms with Crippen molar-refractivity contribution in [1.82, 2.24) is 15.0 Å². The molecular weight excluding hydrogens is 242 g/mol. The van der Waals surface area contributed by atoms with E-state index in [4.69, 9.17) is 16.3 Å². The number of hydrogen-bond donors (Lipinski definition) is 2. The molecule has 1 saturated carbocycles. The SMILES string of the molecule is CNc1nc(Cl)nc(NCC2(OC)CCC2)n1. The zero-order chi connectivity index (χ0) is 12.3. The average Bonchev–Trinajstić information content (AvgIpc) is 2.27. The van der Waals surface area contributed by atoms with E-state index in [2.05, 4.69) is 25.6 Å². The summed E-state index contributed by atoms with van der Waals surface area (Å²) in [5.41, 5.74) is -0.0705. The van der Waals surface area contributed by atoms with E-state index in [1.165, 1.54) is 6.42 Å². The molecule has 1 aromatic heterocycles. The molecule has 1 aromatic rings. The fourth-order valence-electron chi connectivity index (χ4n) is 1.81. The van der Waals surface area contributed by atoms with E-state index < -0.39 is 0 Å². The van der Waals surface area contributed by atoms with Gasteiger partial charge < -0.3 is 15.4 Å². The number of rotatable bonds is 5. The van der Waals surface area contributed by atoms with Gasteiger partial charge in [-0.05, 0) is 30.9 Å². The minimum atomic E-state index is -0.0705. The van der Waals surface area contributed by atoms with Crippen LogP contribution in [-0.2, 0) is 4.74 Å². The lowest BCUT2D eigenvalue weighted by atomic mass is 9.80. The minimum absolute atomic E-state index is 0.0705. The summed E-state index contributed by atoms with van der Waals surface area (Å²) in [4.78, 5) is 12.1. The van der Waals surface area contributed by atoms with Gasteiger partial charge in [-0.15, -0.1) is 0 Å². The Hall–Kier alpha value is -1.14. The van der Waals surface area contributed by atoms with Crippen LogP contribution in [0.2, 0.25) is 5.28 Å². The van der Waals surface area contributed by atoms with Gasteiger partial charge >= 0.3 is 0 Å². The summed E-state index contributed by atoms with van der Waals surface area (Å²) in [6.45, 7) is 0.687. The molecule has 0 atom stereocenters. The molecule has 2 N–H and O–H groups in total. The lowest BCUT2D eigenvalue weighted by Crippen LogP contribution is -2.45. The van der Waals surface area contributed by atoms with Gasteiger partial charge in [0.25, 0.3) is 0 Å². The van der Waals surface area contributed by atoms with Crippen molar-refractivity contribution in [2.75, 3.05) is 31.3 Å². The summed E-state index contributed by atoms with van der Waals surface area (Å²) in [7, 11) is 3.47. The van der Waals surface area contributed by atoms with E-state index in [1.807, 2.05) is 0 Å². The van der Waals surface area contributed by atoms with Crippen LogP contribution < -0.4 is 10.6 Å². The van der Waals surface area contributed by atoms with Gasteiger partial charge in [0, 0.05) is 20.7 Å². The first-order valence-corrected chi connectivity index (χ1v) is 5.94.